The average Bonchev–Trinajstić information content (AvgIpc) is 3.14. The number of thiophene rings is 1. The minimum atomic E-state index is 0.172. The minimum Gasteiger partial charge on any atom is -0.378 e. The van der Waals surface area contributed by atoms with Crippen LogP contribution in [0.3, 0.4) is 0 Å². The van der Waals surface area contributed by atoms with Gasteiger partial charge in [0.2, 0.25) is 0 Å². The molecule has 1 amide bonds. The summed E-state index contributed by atoms with van der Waals surface area (Å²) in [6.45, 7) is 7.16. The number of carbonyl (C=O) groups is 1. The molecule has 0 radical (unpaired) electrons. The largest absolute Gasteiger partial charge is 0.378 e. The molecule has 5 nitrogen and oxygen atoms in total. The van der Waals surface area contributed by atoms with Gasteiger partial charge >= 0.3 is 0 Å². The summed E-state index contributed by atoms with van der Waals surface area (Å²) in [7, 11) is 0. The second-order valence-electron chi connectivity index (χ2n) is 7.17. The van der Waals surface area contributed by atoms with Crippen molar-refractivity contribution in [2.24, 2.45) is 5.92 Å². The van der Waals surface area contributed by atoms with Crippen molar-refractivity contribution in [1.29, 1.82) is 0 Å². The third-order valence-electron chi connectivity index (χ3n) is 5.14. The SMILES string of the molecule is C[C@H]1CCCN(C(=O)c2cc(-c3cccnc3)c(N3CCOCC3)s2)C1. The number of piperidine rings is 1. The van der Waals surface area contributed by atoms with Crippen molar-refractivity contribution < 1.29 is 9.53 Å². The van der Waals surface area contributed by atoms with Gasteiger partial charge < -0.3 is 14.5 Å². The maximum absolute atomic E-state index is 13.1. The molecule has 4 heterocycles. The molecule has 1 atom stereocenters. The van der Waals surface area contributed by atoms with E-state index in [1.54, 1.807) is 17.5 Å². The van der Waals surface area contributed by atoms with Crippen LogP contribution in [-0.2, 0) is 4.74 Å². The van der Waals surface area contributed by atoms with Crippen molar-refractivity contribution in [3.8, 4) is 11.1 Å². The number of morpholine rings is 1. The number of likely N-dealkylation sites (tertiary alicyclic amines) is 1. The molecule has 0 unspecified atom stereocenters. The van der Waals surface area contributed by atoms with Crippen LogP contribution in [0.5, 0.6) is 0 Å². The molecule has 2 saturated heterocycles. The van der Waals surface area contributed by atoms with E-state index in [1.807, 2.05) is 17.2 Å². The summed E-state index contributed by atoms with van der Waals surface area (Å²) < 4.78 is 5.50. The number of ether oxygens (including phenoxy) is 1. The maximum Gasteiger partial charge on any atom is 0.264 e. The fraction of sp³-hybridized carbons (Fsp3) is 0.500. The number of aromatic nitrogens is 1. The van der Waals surface area contributed by atoms with Gasteiger partial charge in [0.25, 0.3) is 5.91 Å². The molecule has 0 aliphatic carbocycles. The van der Waals surface area contributed by atoms with Crippen molar-refractivity contribution in [2.45, 2.75) is 19.8 Å². The quantitative estimate of drug-likeness (QED) is 0.828. The van der Waals surface area contributed by atoms with Crippen LogP contribution in [-0.4, -0.2) is 55.2 Å². The Kier molecular flexibility index (Phi) is 5.22. The van der Waals surface area contributed by atoms with Crippen LogP contribution in [0.2, 0.25) is 0 Å². The van der Waals surface area contributed by atoms with Gasteiger partial charge in [0.05, 0.1) is 23.1 Å². The Hall–Kier alpha value is -1.92. The standard InChI is InChI=1S/C20H25N3O2S/c1-15-4-3-7-23(14-15)19(24)18-12-17(16-5-2-6-21-13-16)20(26-18)22-8-10-25-11-9-22/h2,5-6,12-13,15H,3-4,7-11,14H2,1H3/t15-/m0/s1. The number of rotatable bonds is 3. The van der Waals surface area contributed by atoms with E-state index in [2.05, 4.69) is 28.9 Å². The van der Waals surface area contributed by atoms with E-state index in [0.29, 0.717) is 5.92 Å². The molecule has 26 heavy (non-hydrogen) atoms. The Labute approximate surface area is 158 Å². The molecule has 2 aromatic heterocycles. The summed E-state index contributed by atoms with van der Waals surface area (Å²) in [6.07, 6.45) is 5.98. The molecule has 2 aromatic rings. The number of amides is 1. The van der Waals surface area contributed by atoms with Gasteiger partial charge in [-0.15, -0.1) is 11.3 Å². The fourth-order valence-corrected chi connectivity index (χ4v) is 4.95. The van der Waals surface area contributed by atoms with E-state index in [-0.39, 0.29) is 5.91 Å². The molecule has 2 aliphatic heterocycles. The Bertz CT molecular complexity index is 756. The number of nitrogens with zero attached hydrogens (tertiary/aromatic N) is 3. The fourth-order valence-electron chi connectivity index (χ4n) is 3.75. The number of hydrogen-bond acceptors (Lipinski definition) is 5. The third kappa shape index (κ3) is 3.62. The van der Waals surface area contributed by atoms with Crippen LogP contribution in [0, 0.1) is 5.92 Å². The number of anilines is 1. The first-order valence-electron chi connectivity index (χ1n) is 9.38. The van der Waals surface area contributed by atoms with E-state index >= 15 is 0 Å². The zero-order valence-corrected chi connectivity index (χ0v) is 16.0. The van der Waals surface area contributed by atoms with Gasteiger partial charge in [-0.2, -0.15) is 0 Å². The second-order valence-corrected chi connectivity index (χ2v) is 8.20. The molecule has 138 valence electrons. The van der Waals surface area contributed by atoms with Crippen LogP contribution in [0.1, 0.15) is 29.4 Å². The summed E-state index contributed by atoms with van der Waals surface area (Å²) in [5, 5.41) is 1.16. The normalized spacial score (nSPS) is 21.0. The summed E-state index contributed by atoms with van der Waals surface area (Å²) in [4.78, 5) is 22.6. The van der Waals surface area contributed by atoms with E-state index in [0.717, 1.165) is 66.8 Å². The molecule has 4 rings (SSSR count). The summed E-state index contributed by atoms with van der Waals surface area (Å²) in [6, 6.07) is 6.08. The first-order chi connectivity index (χ1) is 12.7. The van der Waals surface area contributed by atoms with Gasteiger partial charge in [0, 0.05) is 49.7 Å². The predicted molar refractivity (Wildman–Crippen MR) is 105 cm³/mol. The van der Waals surface area contributed by atoms with Crippen molar-refractivity contribution in [3.63, 3.8) is 0 Å². The lowest BCUT2D eigenvalue weighted by molar-refractivity contribution is 0.0688. The second kappa shape index (κ2) is 7.76. The number of carbonyl (C=O) groups excluding carboxylic acids is 1. The van der Waals surface area contributed by atoms with E-state index < -0.39 is 0 Å². The summed E-state index contributed by atoms with van der Waals surface area (Å²) >= 11 is 1.62. The third-order valence-corrected chi connectivity index (χ3v) is 6.32. The molecule has 0 N–H and O–H groups in total. The zero-order chi connectivity index (χ0) is 17.9. The van der Waals surface area contributed by atoms with Gasteiger partial charge in [-0.05, 0) is 30.9 Å². The molecule has 0 aromatic carbocycles. The van der Waals surface area contributed by atoms with Crippen LogP contribution < -0.4 is 4.90 Å². The van der Waals surface area contributed by atoms with Gasteiger partial charge in [0.15, 0.2) is 0 Å². The zero-order valence-electron chi connectivity index (χ0n) is 15.2. The van der Waals surface area contributed by atoms with E-state index in [1.165, 1.54) is 6.42 Å². The minimum absolute atomic E-state index is 0.172. The molecule has 6 heteroatoms. The first kappa shape index (κ1) is 17.5. The van der Waals surface area contributed by atoms with Gasteiger partial charge in [0.1, 0.15) is 0 Å². The van der Waals surface area contributed by atoms with Crippen molar-refractivity contribution in [2.75, 3.05) is 44.3 Å². The highest BCUT2D eigenvalue weighted by atomic mass is 32.1. The van der Waals surface area contributed by atoms with Gasteiger partial charge in [-0.25, -0.2) is 0 Å². The Morgan fingerprint density at radius 3 is 2.88 bits per heavy atom. The Morgan fingerprint density at radius 2 is 2.15 bits per heavy atom. The molecule has 2 fully saturated rings. The first-order valence-corrected chi connectivity index (χ1v) is 10.2. The van der Waals surface area contributed by atoms with Crippen LogP contribution in [0.25, 0.3) is 11.1 Å². The van der Waals surface area contributed by atoms with Crippen molar-refractivity contribution in [3.05, 3.63) is 35.5 Å². The molecule has 2 aliphatic rings. The number of pyridine rings is 1. The van der Waals surface area contributed by atoms with Crippen molar-refractivity contribution >= 4 is 22.2 Å². The lowest BCUT2D eigenvalue weighted by Crippen LogP contribution is -2.38. The van der Waals surface area contributed by atoms with Crippen LogP contribution in [0.4, 0.5) is 5.00 Å². The highest BCUT2D eigenvalue weighted by Gasteiger charge is 2.26. The molecule has 0 bridgehead atoms. The van der Waals surface area contributed by atoms with Crippen LogP contribution >= 0.6 is 11.3 Å². The van der Waals surface area contributed by atoms with E-state index in [9.17, 15) is 4.79 Å². The topological polar surface area (TPSA) is 45.7 Å². The monoisotopic (exact) mass is 371 g/mol. The predicted octanol–water partition coefficient (Wildman–Crippen LogP) is 3.52. The molecular formula is C20H25N3O2S. The lowest BCUT2D eigenvalue weighted by atomic mass is 10.00. The van der Waals surface area contributed by atoms with Gasteiger partial charge in [-0.3, -0.25) is 9.78 Å². The maximum atomic E-state index is 13.1. The summed E-state index contributed by atoms with van der Waals surface area (Å²) in [5.41, 5.74) is 2.18. The molecule has 0 saturated carbocycles. The van der Waals surface area contributed by atoms with E-state index in [4.69, 9.17) is 4.74 Å². The number of hydrogen-bond donors (Lipinski definition) is 0. The highest BCUT2D eigenvalue weighted by Crippen LogP contribution is 2.40. The summed E-state index contributed by atoms with van der Waals surface area (Å²) in [5.74, 6) is 0.760. The van der Waals surface area contributed by atoms with Crippen LogP contribution in [0.15, 0.2) is 30.6 Å². The molecule has 0 spiro atoms. The Balaban J connectivity index is 1.67. The molecular weight excluding hydrogens is 346 g/mol. The Morgan fingerprint density at radius 1 is 1.31 bits per heavy atom. The average molecular weight is 372 g/mol. The lowest BCUT2D eigenvalue weighted by Gasteiger charge is -2.30. The van der Waals surface area contributed by atoms with Crippen molar-refractivity contribution in [1.82, 2.24) is 9.88 Å². The highest BCUT2D eigenvalue weighted by molar-refractivity contribution is 7.18. The van der Waals surface area contributed by atoms with Gasteiger partial charge in [-0.1, -0.05) is 13.0 Å². The smallest absolute Gasteiger partial charge is 0.264 e.